The predicted molar refractivity (Wildman–Crippen MR) is 424 cm³/mol. The third-order valence-electron chi connectivity index (χ3n) is 18.5. The molecule has 0 aromatic rings. The Balaban J connectivity index is 3.28. The van der Waals surface area contributed by atoms with Gasteiger partial charge in [0.25, 0.3) is 0 Å². The highest BCUT2D eigenvalue weighted by molar-refractivity contribution is 6.01. The van der Waals surface area contributed by atoms with Gasteiger partial charge in [-0.1, -0.05) is 75.7 Å². The van der Waals surface area contributed by atoms with Crippen LogP contribution in [0.4, 0.5) is 0 Å². The highest BCUT2D eigenvalue weighted by Crippen LogP contribution is 2.22. The molecule has 1 rings (SSSR count). The molecular formula is C74H127N19O27. The van der Waals surface area contributed by atoms with E-state index < -0.39 is 285 Å². The van der Waals surface area contributed by atoms with Crippen LogP contribution in [0.3, 0.4) is 0 Å². The van der Waals surface area contributed by atoms with Gasteiger partial charge in [0.1, 0.15) is 78.5 Å². The number of amides is 16. The van der Waals surface area contributed by atoms with Gasteiger partial charge in [0.05, 0.1) is 57.8 Å². The molecule has 680 valence electrons. The van der Waals surface area contributed by atoms with E-state index in [-0.39, 0.29) is 69.9 Å². The maximum absolute atomic E-state index is 14.3. The summed E-state index contributed by atoms with van der Waals surface area (Å²) in [5.41, 5.74) is 17.2. The van der Waals surface area contributed by atoms with Crippen LogP contribution < -0.4 is 97.0 Å². The van der Waals surface area contributed by atoms with Crippen LogP contribution in [0.25, 0.3) is 0 Å². The molecule has 15 atom stereocenters. The molecule has 46 heteroatoms. The van der Waals surface area contributed by atoms with E-state index in [0.717, 1.165) is 11.8 Å². The van der Waals surface area contributed by atoms with Crippen LogP contribution in [-0.2, 0) is 95.9 Å². The minimum Gasteiger partial charge on any atom is -0.481 e. The van der Waals surface area contributed by atoms with Gasteiger partial charge in [0, 0.05) is 13.0 Å². The van der Waals surface area contributed by atoms with Gasteiger partial charge >= 0.3 is 23.9 Å². The zero-order valence-corrected chi connectivity index (χ0v) is 69.8. The predicted octanol–water partition coefficient (Wildman–Crippen LogP) is -8.56. The van der Waals surface area contributed by atoms with Crippen molar-refractivity contribution in [3.8, 4) is 0 Å². The van der Waals surface area contributed by atoms with Gasteiger partial charge < -0.3 is 138 Å². The van der Waals surface area contributed by atoms with Crippen LogP contribution in [0.15, 0.2) is 0 Å². The summed E-state index contributed by atoms with van der Waals surface area (Å²) in [6.45, 7) is 13.2. The molecule has 1 aliphatic heterocycles. The Bertz CT molecular complexity index is 3510. The summed E-state index contributed by atoms with van der Waals surface area (Å²) in [7, 11) is 0. The number of carboxylic acids is 4. The number of likely N-dealkylation sites (tertiary alicyclic amines) is 1. The maximum Gasteiger partial charge on any atom is 0.326 e. The molecule has 0 bridgehead atoms. The Morgan fingerprint density at radius 1 is 0.375 bits per heavy atom. The third-order valence-corrected chi connectivity index (χ3v) is 18.5. The minimum atomic E-state index is -1.95. The number of nitrogens with one attached hydrogen (secondary N) is 15. The lowest BCUT2D eigenvalue weighted by Gasteiger charge is -2.31. The number of aliphatic hydroxyl groups excluding tert-OH is 3. The van der Waals surface area contributed by atoms with Gasteiger partial charge in [-0.3, -0.25) is 91.1 Å². The molecule has 0 aromatic carbocycles. The lowest BCUT2D eigenvalue weighted by molar-refractivity contribution is -0.147. The van der Waals surface area contributed by atoms with Gasteiger partial charge in [-0.05, 0) is 120 Å². The van der Waals surface area contributed by atoms with Crippen LogP contribution in [0.5, 0.6) is 0 Å². The van der Waals surface area contributed by atoms with Crippen molar-refractivity contribution in [3.63, 3.8) is 0 Å². The van der Waals surface area contributed by atoms with Crippen molar-refractivity contribution in [2.45, 2.75) is 263 Å². The Morgan fingerprint density at radius 3 is 1.23 bits per heavy atom. The van der Waals surface area contributed by atoms with Crippen LogP contribution in [0.2, 0.25) is 0 Å². The molecule has 1 heterocycles. The molecule has 0 unspecified atom stereocenters. The van der Waals surface area contributed by atoms with Crippen molar-refractivity contribution in [2.75, 3.05) is 52.5 Å². The van der Waals surface area contributed by atoms with E-state index in [1.54, 1.807) is 41.5 Å². The number of hydrogen-bond donors (Lipinski definition) is 25. The molecule has 0 radical (unpaired) electrons. The van der Waals surface area contributed by atoms with Crippen molar-refractivity contribution < 1.29 is 132 Å². The Hall–Kier alpha value is -10.8. The molecule has 46 nitrogen and oxygen atoms in total. The monoisotopic (exact) mass is 1710 g/mol. The summed E-state index contributed by atoms with van der Waals surface area (Å²) >= 11 is 0. The number of nitrogens with two attached hydrogens (primary N) is 3. The lowest BCUT2D eigenvalue weighted by Crippen LogP contribution is -2.63. The number of aliphatic carboxylic acids is 4. The number of hydrogen-bond acceptors (Lipinski definition) is 26. The number of nitrogens with zero attached hydrogens (tertiary/aromatic N) is 1. The first-order chi connectivity index (χ1) is 56.1. The number of carbonyl (C=O) groups is 20. The lowest BCUT2D eigenvalue weighted by atomic mass is 9.98. The SMILES string of the molecule is CC(C)C[C@H](NC(=O)[C@H](CCCCN)NC(=O)[C@H](CO)NC(=O)[C@@H](N)CCCCN)C(=O)NCC(=O)N[C@@H](CC(=O)O)C(=O)N[C@@H](CC(C)C)C(=O)N[C@H](C(=O)N[C@H](C(=O)N[C@H](C(=O)N[C@@H](CO)C(=O)N[C@@H](CC(C)C)C(=O)N1CCC[C@H]1C(=O)NCC(=O)NCC(=O)N[C@@H](CCC(=O)O)C(=O)N[C@@H](CC(=O)O)C(=O)O)C(C)C)[C@@H](C)O)C(C)C. The highest BCUT2D eigenvalue weighted by atomic mass is 16.4. The Labute approximate surface area is 694 Å². The van der Waals surface area contributed by atoms with Gasteiger partial charge in [0.2, 0.25) is 94.5 Å². The average molecular weight is 1710 g/mol. The van der Waals surface area contributed by atoms with Crippen molar-refractivity contribution >= 4 is 118 Å². The van der Waals surface area contributed by atoms with Crippen LogP contribution in [0, 0.1) is 29.6 Å². The normalized spacial score (nSPS) is 16.1. The third kappa shape index (κ3) is 40.3. The Morgan fingerprint density at radius 2 is 0.750 bits per heavy atom. The minimum absolute atomic E-state index is 0.00700. The first-order valence-corrected chi connectivity index (χ1v) is 39.8. The molecule has 0 saturated carbocycles. The van der Waals surface area contributed by atoms with Gasteiger partial charge in [-0.2, -0.15) is 0 Å². The Kier molecular flexibility index (Phi) is 49.2. The van der Waals surface area contributed by atoms with Crippen molar-refractivity contribution in [1.82, 2.24) is 84.7 Å². The molecule has 0 spiro atoms. The van der Waals surface area contributed by atoms with E-state index in [1.165, 1.54) is 27.7 Å². The fraction of sp³-hybridized carbons (Fsp3) is 0.730. The van der Waals surface area contributed by atoms with Crippen LogP contribution in [0.1, 0.15) is 172 Å². The van der Waals surface area contributed by atoms with Crippen LogP contribution in [-0.4, -0.2) is 302 Å². The molecule has 1 fully saturated rings. The van der Waals surface area contributed by atoms with Crippen LogP contribution >= 0.6 is 0 Å². The standard InChI is InChI=1S/C74H127N19O27/c1-35(2)25-44(84-63(108)42(18-13-15-23-76)83-67(112)49(33-94)88-61(106)41(77)17-12-14-22-75)62(107)79-32-54(99)82-46(28-56(102)103)65(110)85-45(26-36(3)4)66(111)90-59(39(9)10)71(116)92-60(40(11)96)72(117)91-58(38(7)8)70(115)89-50(34-95)68(113)86-47(27-37(5)6)73(118)93-24-16-19-51(93)69(114)80-30-52(97)78-31-53(98)81-43(20-21-55(100)101)64(109)87-48(74(119)120)29-57(104)105/h35-51,58-60,94-96H,12-34,75-77H2,1-11H3,(H,78,97)(H,79,107)(H,80,114)(H,81,98)(H,82,99)(H,83,112)(H,84,108)(H,85,110)(H,86,113)(H,87,109)(H,88,106)(H,89,115)(H,90,111)(H,91,117)(H,92,116)(H,100,101)(H,102,103)(H,104,105)(H,119,120)/t40-,41+,42+,43+,44+,45+,46+,47+,48+,49+,50+,51+,58+,59+,60+/m1/s1. The smallest absolute Gasteiger partial charge is 0.326 e. The summed E-state index contributed by atoms with van der Waals surface area (Å²) in [4.78, 5) is 266. The van der Waals surface area contributed by atoms with E-state index in [0.29, 0.717) is 32.2 Å². The number of aliphatic hydroxyl groups is 3. The second kappa shape index (κ2) is 55.1. The summed E-state index contributed by atoms with van der Waals surface area (Å²) in [5.74, 6) is -25.1. The van der Waals surface area contributed by atoms with Crippen molar-refractivity contribution in [3.05, 3.63) is 0 Å². The van der Waals surface area contributed by atoms with E-state index >= 15 is 0 Å². The number of rotatable bonds is 58. The van der Waals surface area contributed by atoms with Gasteiger partial charge in [0.15, 0.2) is 0 Å². The second-order valence-corrected chi connectivity index (χ2v) is 31.2. The van der Waals surface area contributed by atoms with Crippen molar-refractivity contribution in [2.24, 2.45) is 46.8 Å². The average Bonchev–Trinajstić information content (AvgIpc) is 1.65. The first kappa shape index (κ1) is 107. The number of unbranched alkanes of at least 4 members (excludes halogenated alkanes) is 2. The van der Waals surface area contributed by atoms with E-state index in [2.05, 4.69) is 74.4 Å². The summed E-state index contributed by atoms with van der Waals surface area (Å²) in [6.07, 6.45) is -2.97. The number of carbonyl (C=O) groups excluding carboxylic acids is 16. The van der Waals surface area contributed by atoms with E-state index in [4.69, 9.17) is 27.4 Å². The molecule has 0 aromatic heterocycles. The maximum atomic E-state index is 14.3. The summed E-state index contributed by atoms with van der Waals surface area (Å²) < 4.78 is 0. The molecule has 120 heavy (non-hydrogen) atoms. The van der Waals surface area contributed by atoms with E-state index in [9.17, 15) is 121 Å². The zero-order chi connectivity index (χ0) is 91.5. The first-order valence-electron chi connectivity index (χ1n) is 39.8. The molecule has 1 saturated heterocycles. The quantitative estimate of drug-likeness (QED) is 0.0252. The molecular weight excluding hydrogens is 1590 g/mol. The fourth-order valence-corrected chi connectivity index (χ4v) is 12.1. The molecule has 28 N–H and O–H groups in total. The topological polar surface area (TPSA) is 745 Å². The number of carboxylic acid groups (broad SMARTS) is 4. The van der Waals surface area contributed by atoms with Gasteiger partial charge in [-0.25, -0.2) is 4.79 Å². The zero-order valence-electron chi connectivity index (χ0n) is 69.8. The second-order valence-electron chi connectivity index (χ2n) is 31.2. The fourth-order valence-electron chi connectivity index (χ4n) is 12.1. The largest absolute Gasteiger partial charge is 0.481 e. The summed E-state index contributed by atoms with van der Waals surface area (Å²) in [6, 6.07) is -21.8. The molecule has 1 aliphatic rings. The molecule has 0 aliphatic carbocycles. The van der Waals surface area contributed by atoms with Gasteiger partial charge in [-0.15, -0.1) is 0 Å². The summed E-state index contributed by atoms with van der Waals surface area (Å²) in [5, 5.41) is 104. The highest BCUT2D eigenvalue weighted by Gasteiger charge is 2.42. The molecule has 16 amide bonds. The van der Waals surface area contributed by atoms with Crippen molar-refractivity contribution in [1.29, 1.82) is 0 Å². The van der Waals surface area contributed by atoms with E-state index in [1.807, 2.05) is 5.32 Å².